The zero-order valence-electron chi connectivity index (χ0n) is 10.1. The van der Waals surface area contributed by atoms with Gasteiger partial charge in [0.05, 0.1) is 5.69 Å². The fourth-order valence-electron chi connectivity index (χ4n) is 1.59. The molecule has 17 heavy (non-hydrogen) atoms. The highest BCUT2D eigenvalue weighted by molar-refractivity contribution is 5.36. The largest absolute Gasteiger partial charge is 0.452 e. The number of hydrogen-bond acceptors (Lipinski definition) is 2. The molecule has 2 nitrogen and oxygen atoms in total. The van der Waals surface area contributed by atoms with Crippen LogP contribution in [0, 0.1) is 26.6 Å². The summed E-state index contributed by atoms with van der Waals surface area (Å²) in [7, 11) is 0. The highest BCUT2D eigenvalue weighted by Crippen LogP contribution is 2.26. The molecular weight excluding hydrogens is 217 g/mol. The minimum atomic E-state index is -0.357. The van der Waals surface area contributed by atoms with Gasteiger partial charge in [0.2, 0.25) is 0 Å². The molecule has 88 valence electrons. The Morgan fingerprint density at radius 2 is 1.71 bits per heavy atom. The first kappa shape index (κ1) is 11.6. The van der Waals surface area contributed by atoms with E-state index in [9.17, 15) is 4.39 Å². The molecule has 0 atom stereocenters. The van der Waals surface area contributed by atoms with Crippen molar-refractivity contribution in [3.63, 3.8) is 0 Å². The fourth-order valence-corrected chi connectivity index (χ4v) is 1.59. The predicted molar refractivity (Wildman–Crippen MR) is 64.9 cm³/mol. The molecule has 3 heteroatoms. The van der Waals surface area contributed by atoms with Gasteiger partial charge in [-0.05, 0) is 50.6 Å². The standard InChI is InChI=1S/C14H14FNO/c1-9-4-6-14(12(15)8-9)17-13-7-5-10(2)16-11(13)3/h4-8H,1-3H3. The molecule has 0 spiro atoms. The van der Waals surface area contributed by atoms with Crippen LogP contribution in [-0.4, -0.2) is 4.98 Å². The Morgan fingerprint density at radius 1 is 1.00 bits per heavy atom. The van der Waals surface area contributed by atoms with Crippen molar-refractivity contribution in [2.45, 2.75) is 20.8 Å². The quantitative estimate of drug-likeness (QED) is 0.781. The Balaban J connectivity index is 2.31. The molecule has 2 rings (SSSR count). The number of rotatable bonds is 2. The molecule has 0 saturated heterocycles. The zero-order chi connectivity index (χ0) is 12.4. The van der Waals surface area contributed by atoms with Crippen LogP contribution in [0.25, 0.3) is 0 Å². The molecule has 0 aliphatic heterocycles. The van der Waals surface area contributed by atoms with Gasteiger partial charge in [-0.25, -0.2) is 4.39 Å². The lowest BCUT2D eigenvalue weighted by Crippen LogP contribution is -1.94. The Morgan fingerprint density at radius 3 is 2.35 bits per heavy atom. The lowest BCUT2D eigenvalue weighted by atomic mass is 10.2. The average Bonchev–Trinajstić information content (AvgIpc) is 2.25. The van der Waals surface area contributed by atoms with Gasteiger partial charge in [0, 0.05) is 5.69 Å². The fraction of sp³-hybridized carbons (Fsp3) is 0.214. The van der Waals surface area contributed by atoms with Crippen molar-refractivity contribution in [3.05, 3.63) is 53.1 Å². The molecule has 0 radical (unpaired) electrons. The van der Waals surface area contributed by atoms with Gasteiger partial charge in [-0.2, -0.15) is 0 Å². The number of pyridine rings is 1. The topological polar surface area (TPSA) is 22.1 Å². The third-order valence-electron chi connectivity index (χ3n) is 2.48. The van der Waals surface area contributed by atoms with Crippen LogP contribution in [0.5, 0.6) is 11.5 Å². The second-order valence-corrected chi connectivity index (χ2v) is 4.07. The average molecular weight is 231 g/mol. The van der Waals surface area contributed by atoms with E-state index in [0.717, 1.165) is 17.0 Å². The summed E-state index contributed by atoms with van der Waals surface area (Å²) < 4.78 is 19.1. The third-order valence-corrected chi connectivity index (χ3v) is 2.48. The SMILES string of the molecule is Cc1ccc(Oc2ccc(C)nc2C)c(F)c1. The number of ether oxygens (including phenoxy) is 1. The highest BCUT2D eigenvalue weighted by atomic mass is 19.1. The summed E-state index contributed by atoms with van der Waals surface area (Å²) in [5, 5.41) is 0. The summed E-state index contributed by atoms with van der Waals surface area (Å²) in [5.41, 5.74) is 2.54. The van der Waals surface area contributed by atoms with Gasteiger partial charge in [0.15, 0.2) is 11.6 Å². The molecule has 0 N–H and O–H groups in total. The van der Waals surface area contributed by atoms with Crippen molar-refractivity contribution >= 4 is 0 Å². The highest BCUT2D eigenvalue weighted by Gasteiger charge is 2.07. The summed E-state index contributed by atoms with van der Waals surface area (Å²) in [6.07, 6.45) is 0. The van der Waals surface area contributed by atoms with Gasteiger partial charge in [-0.3, -0.25) is 4.98 Å². The summed E-state index contributed by atoms with van der Waals surface area (Å²) >= 11 is 0. The number of hydrogen-bond donors (Lipinski definition) is 0. The smallest absolute Gasteiger partial charge is 0.165 e. The Bertz CT molecular complexity index is 502. The van der Waals surface area contributed by atoms with E-state index < -0.39 is 0 Å². The van der Waals surface area contributed by atoms with Crippen LogP contribution in [-0.2, 0) is 0 Å². The minimum absolute atomic E-state index is 0.226. The zero-order valence-corrected chi connectivity index (χ0v) is 10.1. The van der Waals surface area contributed by atoms with Crippen molar-refractivity contribution < 1.29 is 9.13 Å². The van der Waals surface area contributed by atoms with Crippen LogP contribution >= 0.6 is 0 Å². The van der Waals surface area contributed by atoms with Gasteiger partial charge in [-0.15, -0.1) is 0 Å². The van der Waals surface area contributed by atoms with Crippen LogP contribution in [0.1, 0.15) is 17.0 Å². The summed E-state index contributed by atoms with van der Waals surface area (Å²) in [4.78, 5) is 4.27. The monoisotopic (exact) mass is 231 g/mol. The van der Waals surface area contributed by atoms with Crippen LogP contribution in [0.2, 0.25) is 0 Å². The molecule has 1 heterocycles. The van der Waals surface area contributed by atoms with E-state index >= 15 is 0 Å². The van der Waals surface area contributed by atoms with Gasteiger partial charge in [0.25, 0.3) is 0 Å². The molecule has 2 aromatic rings. The third kappa shape index (κ3) is 2.61. The molecular formula is C14H14FNO. The van der Waals surface area contributed by atoms with E-state index in [4.69, 9.17) is 4.74 Å². The van der Waals surface area contributed by atoms with Gasteiger partial charge in [0.1, 0.15) is 5.75 Å². The molecule has 0 aliphatic rings. The van der Waals surface area contributed by atoms with Gasteiger partial charge in [-0.1, -0.05) is 6.07 Å². The number of aromatic nitrogens is 1. The molecule has 1 aromatic carbocycles. The Labute approximate surface area is 100 Å². The molecule has 0 amide bonds. The Hall–Kier alpha value is -1.90. The number of halogens is 1. The van der Waals surface area contributed by atoms with Crippen molar-refractivity contribution in [1.29, 1.82) is 0 Å². The van der Waals surface area contributed by atoms with Crippen molar-refractivity contribution in [3.8, 4) is 11.5 Å². The second-order valence-electron chi connectivity index (χ2n) is 4.07. The first-order valence-electron chi connectivity index (χ1n) is 5.44. The van der Waals surface area contributed by atoms with E-state index in [1.165, 1.54) is 6.07 Å². The van der Waals surface area contributed by atoms with E-state index in [1.54, 1.807) is 12.1 Å². The summed E-state index contributed by atoms with van der Waals surface area (Å²) in [6.45, 7) is 5.59. The maximum absolute atomic E-state index is 13.6. The molecule has 0 saturated carbocycles. The summed E-state index contributed by atoms with van der Waals surface area (Å²) in [5.74, 6) is 0.452. The van der Waals surface area contributed by atoms with Crippen molar-refractivity contribution in [1.82, 2.24) is 4.98 Å². The van der Waals surface area contributed by atoms with Gasteiger partial charge >= 0.3 is 0 Å². The molecule has 1 aromatic heterocycles. The molecule has 0 aliphatic carbocycles. The second kappa shape index (κ2) is 4.53. The summed E-state index contributed by atoms with van der Waals surface area (Å²) in [6, 6.07) is 8.54. The number of aryl methyl sites for hydroxylation is 3. The van der Waals surface area contributed by atoms with Crippen molar-refractivity contribution in [2.75, 3.05) is 0 Å². The van der Waals surface area contributed by atoms with Crippen LogP contribution in [0.3, 0.4) is 0 Å². The van der Waals surface area contributed by atoms with Crippen LogP contribution in [0.15, 0.2) is 30.3 Å². The maximum atomic E-state index is 13.6. The first-order chi connectivity index (χ1) is 8.06. The molecule has 0 fully saturated rings. The predicted octanol–water partition coefficient (Wildman–Crippen LogP) is 3.94. The lowest BCUT2D eigenvalue weighted by Gasteiger charge is -2.09. The lowest BCUT2D eigenvalue weighted by molar-refractivity contribution is 0.437. The number of benzene rings is 1. The van der Waals surface area contributed by atoms with Crippen LogP contribution in [0.4, 0.5) is 4.39 Å². The van der Waals surface area contributed by atoms with E-state index in [2.05, 4.69) is 4.98 Å². The molecule has 0 unspecified atom stereocenters. The Kier molecular flexibility index (Phi) is 3.09. The number of nitrogens with zero attached hydrogens (tertiary/aromatic N) is 1. The minimum Gasteiger partial charge on any atom is -0.452 e. The maximum Gasteiger partial charge on any atom is 0.165 e. The van der Waals surface area contributed by atoms with E-state index in [0.29, 0.717) is 5.75 Å². The van der Waals surface area contributed by atoms with E-state index in [1.807, 2.05) is 32.9 Å². The molecule has 0 bridgehead atoms. The van der Waals surface area contributed by atoms with Crippen LogP contribution < -0.4 is 4.74 Å². The van der Waals surface area contributed by atoms with E-state index in [-0.39, 0.29) is 11.6 Å². The van der Waals surface area contributed by atoms with Crippen molar-refractivity contribution in [2.24, 2.45) is 0 Å². The normalized spacial score (nSPS) is 10.4. The first-order valence-corrected chi connectivity index (χ1v) is 5.44. The van der Waals surface area contributed by atoms with Gasteiger partial charge < -0.3 is 4.74 Å².